The predicted octanol–water partition coefficient (Wildman–Crippen LogP) is 4.79. The van der Waals surface area contributed by atoms with E-state index in [9.17, 15) is 4.79 Å². The van der Waals surface area contributed by atoms with Gasteiger partial charge >= 0.3 is 0 Å². The van der Waals surface area contributed by atoms with Crippen molar-refractivity contribution in [2.24, 2.45) is 0 Å². The summed E-state index contributed by atoms with van der Waals surface area (Å²) in [6.07, 6.45) is 2.57. The van der Waals surface area contributed by atoms with Gasteiger partial charge in [0.1, 0.15) is 10.1 Å². The molecule has 0 atom stereocenters. The van der Waals surface area contributed by atoms with Crippen LogP contribution in [0.4, 0.5) is 0 Å². The van der Waals surface area contributed by atoms with Gasteiger partial charge in [-0.2, -0.15) is 0 Å². The summed E-state index contributed by atoms with van der Waals surface area (Å²) in [6, 6.07) is 15.2. The Balaban J connectivity index is 1.68. The molecule has 3 rings (SSSR count). The lowest BCUT2D eigenvalue weighted by molar-refractivity contribution is -0.122. The molecular weight excluding hydrogens is 374 g/mol. The molecule has 1 amide bonds. The summed E-state index contributed by atoms with van der Waals surface area (Å²) < 4.78 is 5.74. The van der Waals surface area contributed by atoms with Gasteiger partial charge in [0.05, 0.1) is 12.0 Å². The number of hydrogen-bond donors (Lipinski definition) is 0. The number of nitrogens with zero attached hydrogens (tertiary/aromatic N) is 1. The van der Waals surface area contributed by atoms with E-state index in [0.29, 0.717) is 20.8 Å². The van der Waals surface area contributed by atoms with E-state index in [0.717, 1.165) is 23.3 Å². The molecule has 0 bridgehead atoms. The molecule has 1 aliphatic rings. The number of methoxy groups -OCH3 is 1. The Morgan fingerprint density at radius 3 is 2.68 bits per heavy atom. The molecule has 0 saturated carbocycles. The van der Waals surface area contributed by atoms with Gasteiger partial charge in [-0.05, 0) is 47.9 Å². The van der Waals surface area contributed by atoms with Crippen molar-refractivity contribution in [3.05, 3.63) is 69.6 Å². The van der Waals surface area contributed by atoms with Crippen molar-refractivity contribution < 1.29 is 9.53 Å². The van der Waals surface area contributed by atoms with Crippen LogP contribution in [0.25, 0.3) is 6.08 Å². The number of carbonyl (C=O) groups is 1. The molecule has 2 aromatic rings. The first-order valence-corrected chi connectivity index (χ1v) is 9.31. The standard InChI is InChI=1S/C19H16ClNO2S2/c1-23-16-7-5-13(6-8-16)9-10-21-18(22)17(25-19(21)24)12-14-3-2-4-15(20)11-14/h2-8,11-12H,9-10H2,1H3. The molecule has 2 aromatic carbocycles. The second kappa shape index (κ2) is 8.04. The molecule has 1 fully saturated rings. The average Bonchev–Trinajstić information content (AvgIpc) is 2.87. The number of rotatable bonds is 5. The molecule has 0 aromatic heterocycles. The van der Waals surface area contributed by atoms with E-state index in [4.69, 9.17) is 28.6 Å². The Kier molecular flexibility index (Phi) is 5.78. The Morgan fingerprint density at radius 2 is 2.00 bits per heavy atom. The third kappa shape index (κ3) is 4.42. The minimum atomic E-state index is -0.0523. The number of ether oxygens (including phenoxy) is 1. The molecule has 6 heteroatoms. The van der Waals surface area contributed by atoms with Crippen LogP contribution >= 0.6 is 35.6 Å². The summed E-state index contributed by atoms with van der Waals surface area (Å²) in [6.45, 7) is 0.559. The van der Waals surface area contributed by atoms with Crippen molar-refractivity contribution in [3.8, 4) is 5.75 Å². The fourth-order valence-corrected chi connectivity index (χ4v) is 3.98. The van der Waals surface area contributed by atoms with E-state index in [-0.39, 0.29) is 5.91 Å². The van der Waals surface area contributed by atoms with Crippen molar-refractivity contribution in [1.29, 1.82) is 0 Å². The summed E-state index contributed by atoms with van der Waals surface area (Å²) in [4.78, 5) is 14.9. The molecule has 0 spiro atoms. The third-order valence-corrected chi connectivity index (χ3v) is 5.42. The maximum Gasteiger partial charge on any atom is 0.266 e. The first-order valence-electron chi connectivity index (χ1n) is 7.70. The maximum atomic E-state index is 12.6. The Hall–Kier alpha value is -1.82. The van der Waals surface area contributed by atoms with Gasteiger partial charge in [-0.1, -0.05) is 59.8 Å². The van der Waals surface area contributed by atoms with Crippen LogP contribution in [0, 0.1) is 0 Å². The second-order valence-corrected chi connectivity index (χ2v) is 7.60. The van der Waals surface area contributed by atoms with E-state index >= 15 is 0 Å². The lowest BCUT2D eigenvalue weighted by Gasteiger charge is -2.14. The van der Waals surface area contributed by atoms with Crippen LogP contribution in [0.3, 0.4) is 0 Å². The van der Waals surface area contributed by atoms with Crippen molar-refractivity contribution >= 4 is 51.9 Å². The quantitative estimate of drug-likeness (QED) is 0.543. The fourth-order valence-electron chi connectivity index (χ4n) is 2.47. The fraction of sp³-hybridized carbons (Fsp3) is 0.158. The minimum absolute atomic E-state index is 0.0523. The highest BCUT2D eigenvalue weighted by Crippen LogP contribution is 2.33. The molecule has 25 heavy (non-hydrogen) atoms. The molecule has 3 nitrogen and oxygen atoms in total. The van der Waals surface area contributed by atoms with Crippen LogP contribution in [0.15, 0.2) is 53.4 Å². The van der Waals surface area contributed by atoms with Gasteiger partial charge in [-0.15, -0.1) is 0 Å². The minimum Gasteiger partial charge on any atom is -0.497 e. The van der Waals surface area contributed by atoms with Crippen LogP contribution < -0.4 is 4.74 Å². The molecule has 0 unspecified atom stereocenters. The summed E-state index contributed by atoms with van der Waals surface area (Å²) >= 11 is 12.7. The number of halogens is 1. The smallest absolute Gasteiger partial charge is 0.266 e. The average molecular weight is 390 g/mol. The number of thioether (sulfide) groups is 1. The molecule has 0 aliphatic carbocycles. The first-order chi connectivity index (χ1) is 12.1. The van der Waals surface area contributed by atoms with E-state index in [1.54, 1.807) is 18.1 Å². The summed E-state index contributed by atoms with van der Waals surface area (Å²) in [7, 11) is 1.64. The Bertz CT molecular complexity index is 834. The number of amides is 1. The van der Waals surface area contributed by atoms with E-state index < -0.39 is 0 Å². The van der Waals surface area contributed by atoms with E-state index in [1.807, 2.05) is 48.5 Å². The second-order valence-electron chi connectivity index (χ2n) is 5.49. The molecule has 0 N–H and O–H groups in total. The topological polar surface area (TPSA) is 29.5 Å². The van der Waals surface area contributed by atoms with Crippen molar-refractivity contribution in [3.63, 3.8) is 0 Å². The van der Waals surface area contributed by atoms with Crippen molar-refractivity contribution in [2.45, 2.75) is 6.42 Å². The number of hydrogen-bond acceptors (Lipinski definition) is 4. The van der Waals surface area contributed by atoms with Crippen molar-refractivity contribution in [1.82, 2.24) is 4.90 Å². The molecular formula is C19H16ClNO2S2. The molecule has 1 aliphatic heterocycles. The van der Waals surface area contributed by atoms with Crippen LogP contribution in [0.5, 0.6) is 5.75 Å². The molecule has 0 radical (unpaired) electrons. The van der Waals surface area contributed by atoms with Crippen LogP contribution in [-0.4, -0.2) is 28.8 Å². The zero-order valence-electron chi connectivity index (χ0n) is 13.6. The highest BCUT2D eigenvalue weighted by Gasteiger charge is 2.31. The van der Waals surface area contributed by atoms with Gasteiger partial charge in [-0.3, -0.25) is 9.69 Å². The lowest BCUT2D eigenvalue weighted by atomic mass is 10.1. The zero-order chi connectivity index (χ0) is 17.8. The highest BCUT2D eigenvalue weighted by molar-refractivity contribution is 8.26. The molecule has 128 valence electrons. The monoisotopic (exact) mass is 389 g/mol. The summed E-state index contributed by atoms with van der Waals surface area (Å²) in [5.74, 6) is 0.766. The SMILES string of the molecule is COc1ccc(CCN2C(=O)C(=Cc3cccc(Cl)c3)SC2=S)cc1. The summed E-state index contributed by atoms with van der Waals surface area (Å²) in [5.41, 5.74) is 2.02. The largest absolute Gasteiger partial charge is 0.497 e. The van der Waals surface area contributed by atoms with Gasteiger partial charge in [0.25, 0.3) is 5.91 Å². The predicted molar refractivity (Wildman–Crippen MR) is 108 cm³/mol. The normalized spacial score (nSPS) is 15.9. The van der Waals surface area contributed by atoms with Gasteiger partial charge in [0.15, 0.2) is 0 Å². The van der Waals surface area contributed by atoms with Gasteiger partial charge < -0.3 is 4.74 Å². The van der Waals surface area contributed by atoms with E-state index in [1.165, 1.54) is 11.8 Å². The molecule has 1 saturated heterocycles. The van der Waals surface area contributed by atoms with Crippen LogP contribution in [0.1, 0.15) is 11.1 Å². The first kappa shape index (κ1) is 18.0. The maximum absolute atomic E-state index is 12.6. The zero-order valence-corrected chi connectivity index (χ0v) is 16.0. The van der Waals surface area contributed by atoms with Crippen LogP contribution in [-0.2, 0) is 11.2 Å². The van der Waals surface area contributed by atoms with Crippen LogP contribution in [0.2, 0.25) is 5.02 Å². The van der Waals surface area contributed by atoms with Crippen molar-refractivity contribution in [2.75, 3.05) is 13.7 Å². The van der Waals surface area contributed by atoms with Gasteiger partial charge in [-0.25, -0.2) is 0 Å². The van der Waals surface area contributed by atoms with E-state index in [2.05, 4.69) is 0 Å². The number of benzene rings is 2. The van der Waals surface area contributed by atoms with Gasteiger partial charge in [0, 0.05) is 11.6 Å². The number of carbonyl (C=O) groups excluding carboxylic acids is 1. The summed E-state index contributed by atoms with van der Waals surface area (Å²) in [5, 5.41) is 0.642. The lowest BCUT2D eigenvalue weighted by Crippen LogP contribution is -2.30. The highest BCUT2D eigenvalue weighted by atomic mass is 35.5. The van der Waals surface area contributed by atoms with Gasteiger partial charge in [0.2, 0.25) is 0 Å². The number of thiocarbonyl (C=S) groups is 1. The molecule has 1 heterocycles. The Morgan fingerprint density at radius 1 is 1.24 bits per heavy atom. The third-order valence-electron chi connectivity index (χ3n) is 3.80. The Labute approximate surface area is 161 Å².